The number of rotatable bonds is 9. The molecule has 7 heterocycles. The van der Waals surface area contributed by atoms with Gasteiger partial charge in [0.25, 0.3) is 0 Å². The molecule has 0 bridgehead atoms. The second-order valence-electron chi connectivity index (χ2n) is 20.5. The van der Waals surface area contributed by atoms with Crippen molar-refractivity contribution in [2.75, 3.05) is 49.5 Å². The molecule has 5 N–H and O–H groups in total. The lowest BCUT2D eigenvalue weighted by Gasteiger charge is -2.42. The van der Waals surface area contributed by atoms with E-state index >= 15 is 0 Å². The van der Waals surface area contributed by atoms with E-state index in [1.807, 2.05) is 76.5 Å². The molecule has 5 aliphatic rings. The van der Waals surface area contributed by atoms with Crippen LogP contribution < -0.4 is 20.9 Å². The van der Waals surface area contributed by atoms with Crippen molar-refractivity contribution >= 4 is 29.5 Å². The first-order chi connectivity index (χ1) is 32.7. The Morgan fingerprint density at radius 3 is 2.32 bits per heavy atom. The number of benzene rings is 2. The number of hydrogen-bond acceptors (Lipinski definition) is 12. The fraction of sp³-hybridized carbons (Fsp3) is 0.519. The van der Waals surface area contributed by atoms with Crippen molar-refractivity contribution in [3.8, 4) is 29.4 Å². The number of urea groups is 1. The number of anilines is 2. The third-order valence-electron chi connectivity index (χ3n) is 15.2. The Labute approximate surface area is 399 Å². The van der Waals surface area contributed by atoms with E-state index in [1.165, 1.54) is 4.90 Å². The van der Waals surface area contributed by atoms with Gasteiger partial charge in [-0.15, -0.1) is 16.6 Å². The van der Waals surface area contributed by atoms with Gasteiger partial charge in [0.1, 0.15) is 23.7 Å². The van der Waals surface area contributed by atoms with Crippen molar-refractivity contribution in [2.24, 2.45) is 5.41 Å². The first-order valence-electron chi connectivity index (χ1n) is 24.3. The summed E-state index contributed by atoms with van der Waals surface area (Å²) < 4.78 is 0. The largest absolute Gasteiger partial charge is 0.507 e. The lowest BCUT2D eigenvalue weighted by atomic mass is 9.83. The molecule has 0 radical (unpaired) electrons. The zero-order valence-electron chi connectivity index (χ0n) is 39.8. The van der Waals surface area contributed by atoms with Gasteiger partial charge in [0.15, 0.2) is 5.82 Å². The number of carbonyl (C=O) groups excluding carboxylic acids is 3. The highest BCUT2D eigenvalue weighted by molar-refractivity contribution is 5.93. The van der Waals surface area contributed by atoms with Crippen molar-refractivity contribution in [1.82, 2.24) is 45.5 Å². The number of phenolic OH excluding ortho intramolecular Hbond substituents is 1. The number of phenols is 1. The molecule has 4 fully saturated rings. The summed E-state index contributed by atoms with van der Waals surface area (Å²) >= 11 is 0. The number of fused-ring (bicyclic) bond motifs is 3. The molecule has 2 aromatic carbocycles. The van der Waals surface area contributed by atoms with Crippen LogP contribution in [-0.4, -0.2) is 139 Å². The van der Waals surface area contributed by atoms with Crippen LogP contribution in [-0.2, 0) is 9.59 Å². The third kappa shape index (κ3) is 9.55. The first-order valence-corrected chi connectivity index (χ1v) is 24.3. The quantitative estimate of drug-likeness (QED) is 0.135. The van der Waals surface area contributed by atoms with Gasteiger partial charge in [0, 0.05) is 79.3 Å². The molecule has 2 aromatic heterocycles. The van der Waals surface area contributed by atoms with Gasteiger partial charge in [-0.3, -0.25) is 14.6 Å². The number of terminal acetylenes is 1. The van der Waals surface area contributed by atoms with Crippen molar-refractivity contribution < 1.29 is 24.6 Å². The molecule has 7 atom stereocenters. The SMILES string of the molecule is C#Cc1ccc([C@H](C)NC(=O)[C@@H]2C[C@@H](O)CN2C(=O)[C@@H](NC(=O)N2CCC(N3CCC(c4cnc(N5CCC6Nc7nnc(-c8ccccc8O)cc7C6[C@H]5C)cn4)CC3)CC2)C(C)(C)C)cc1. The highest BCUT2D eigenvalue weighted by Crippen LogP contribution is 2.45. The van der Waals surface area contributed by atoms with Crippen molar-refractivity contribution in [3.63, 3.8) is 0 Å². The highest BCUT2D eigenvalue weighted by atomic mass is 16.3. The number of nitrogens with zero attached hydrogens (tertiary/aromatic N) is 8. The number of piperidine rings is 3. The van der Waals surface area contributed by atoms with E-state index in [-0.39, 0.29) is 60.6 Å². The second-order valence-corrected chi connectivity index (χ2v) is 20.5. The van der Waals surface area contributed by atoms with E-state index in [0.29, 0.717) is 36.3 Å². The number of amides is 4. The van der Waals surface area contributed by atoms with Gasteiger partial charge in [-0.2, -0.15) is 0 Å². The van der Waals surface area contributed by atoms with Crippen LogP contribution in [0.4, 0.5) is 16.4 Å². The second kappa shape index (κ2) is 19.4. The standard InChI is InChI=1S/C52H65N11O5/c1-7-33-12-14-34(15-13-33)31(2)55-49(66)43-26-37(64)30-63(43)50(67)47(52(4,5)6)57-51(68)61-23-18-36(19-24-61)60-21-16-35(17-22-60)42-28-54-45(29-53-42)62-25-20-40-46(32(62)3)39-27-41(58-59-48(39)56-40)38-10-8-9-11-44(38)65/h1,8-15,27-29,31-32,35-37,40,43,46-47,64-65H,16-26,30H2,2-6H3,(H,55,66)(H,56,59)(H,57,68)/t31-,32+,37+,40?,43-,46?,47+/m0/s1. The summed E-state index contributed by atoms with van der Waals surface area (Å²) in [5.74, 6) is 4.23. The molecular weight excluding hydrogens is 859 g/mol. The van der Waals surface area contributed by atoms with Gasteiger partial charge < -0.3 is 45.8 Å². The van der Waals surface area contributed by atoms with E-state index in [0.717, 1.165) is 85.8 Å². The summed E-state index contributed by atoms with van der Waals surface area (Å²) in [6.07, 6.45) is 13.2. The molecule has 2 unspecified atom stereocenters. The van der Waals surface area contributed by atoms with Crippen LogP contribution in [0, 0.1) is 17.8 Å². The van der Waals surface area contributed by atoms with E-state index in [2.05, 4.69) is 54.9 Å². The number of aromatic hydroxyl groups is 1. The molecule has 358 valence electrons. The Morgan fingerprint density at radius 2 is 1.65 bits per heavy atom. The molecule has 5 aliphatic heterocycles. The van der Waals surface area contributed by atoms with E-state index in [4.69, 9.17) is 16.4 Å². The average molecular weight is 924 g/mol. The van der Waals surface area contributed by atoms with Gasteiger partial charge in [0.05, 0.1) is 35.9 Å². The third-order valence-corrected chi connectivity index (χ3v) is 15.2. The Balaban J connectivity index is 0.755. The predicted octanol–water partition coefficient (Wildman–Crippen LogP) is 5.40. The lowest BCUT2D eigenvalue weighted by Crippen LogP contribution is -2.60. The van der Waals surface area contributed by atoms with Gasteiger partial charge in [-0.1, -0.05) is 51.0 Å². The monoisotopic (exact) mass is 924 g/mol. The number of nitrogens with one attached hydrogen (secondary N) is 3. The molecule has 4 saturated heterocycles. The average Bonchev–Trinajstić information content (AvgIpc) is 3.93. The van der Waals surface area contributed by atoms with E-state index < -0.39 is 23.6 Å². The van der Waals surface area contributed by atoms with Crippen LogP contribution in [0.25, 0.3) is 11.3 Å². The number of hydrogen-bond donors (Lipinski definition) is 5. The minimum absolute atomic E-state index is 0.0127. The Morgan fingerprint density at radius 1 is 0.912 bits per heavy atom. The molecule has 0 saturated carbocycles. The number of β-amino-alcohol motifs (C(OH)–C–C–N with tert-alkyl or cyclic N) is 1. The molecule has 9 rings (SSSR count). The summed E-state index contributed by atoms with van der Waals surface area (Å²) in [7, 11) is 0. The molecule has 4 amide bonds. The number of carbonyl (C=O) groups is 3. The maximum atomic E-state index is 14.3. The zero-order valence-corrected chi connectivity index (χ0v) is 39.8. The maximum Gasteiger partial charge on any atom is 0.318 e. The molecule has 68 heavy (non-hydrogen) atoms. The minimum Gasteiger partial charge on any atom is -0.507 e. The highest BCUT2D eigenvalue weighted by Gasteiger charge is 2.46. The van der Waals surface area contributed by atoms with E-state index in [1.54, 1.807) is 17.0 Å². The fourth-order valence-electron chi connectivity index (χ4n) is 11.2. The molecule has 16 heteroatoms. The summed E-state index contributed by atoms with van der Waals surface area (Å²) in [5.41, 5.74) is 4.41. The summed E-state index contributed by atoms with van der Waals surface area (Å²) in [5, 5.41) is 39.8. The van der Waals surface area contributed by atoms with Crippen molar-refractivity contribution in [2.45, 2.75) is 127 Å². The van der Waals surface area contributed by atoms with Crippen LogP contribution in [0.2, 0.25) is 0 Å². The number of likely N-dealkylation sites (tertiary alicyclic amines) is 3. The van der Waals surface area contributed by atoms with Crippen LogP contribution in [0.15, 0.2) is 67.0 Å². The summed E-state index contributed by atoms with van der Waals surface area (Å²) in [4.78, 5) is 59.9. The summed E-state index contributed by atoms with van der Waals surface area (Å²) in [6.45, 7) is 13.7. The lowest BCUT2D eigenvalue weighted by molar-refractivity contribution is -0.142. The molecular formula is C52H65N11O5. The van der Waals surface area contributed by atoms with Crippen LogP contribution >= 0.6 is 0 Å². The van der Waals surface area contributed by atoms with Gasteiger partial charge in [0.2, 0.25) is 11.8 Å². The molecule has 0 spiro atoms. The Hall–Kier alpha value is -6.31. The first kappa shape index (κ1) is 46.8. The molecule has 0 aliphatic carbocycles. The van der Waals surface area contributed by atoms with Gasteiger partial charge in [-0.05, 0) is 100 Å². The number of aromatic nitrogens is 4. The number of aliphatic hydroxyl groups excluding tert-OH is 1. The number of para-hydroxylation sites is 1. The van der Waals surface area contributed by atoms with Crippen molar-refractivity contribution in [1.29, 1.82) is 0 Å². The zero-order chi connectivity index (χ0) is 47.9. The Bertz CT molecular complexity index is 2510. The fourth-order valence-corrected chi connectivity index (χ4v) is 11.2. The van der Waals surface area contributed by atoms with Crippen LogP contribution in [0.5, 0.6) is 5.75 Å². The van der Waals surface area contributed by atoms with Crippen molar-refractivity contribution in [3.05, 3.63) is 89.4 Å². The molecule has 16 nitrogen and oxygen atoms in total. The van der Waals surface area contributed by atoms with Gasteiger partial charge in [-0.25, -0.2) is 9.78 Å². The smallest absolute Gasteiger partial charge is 0.318 e. The predicted molar refractivity (Wildman–Crippen MR) is 260 cm³/mol. The summed E-state index contributed by atoms with van der Waals surface area (Å²) in [6, 6.07) is 15.0. The molecule has 4 aromatic rings. The maximum absolute atomic E-state index is 14.3. The Kier molecular flexibility index (Phi) is 13.3. The van der Waals surface area contributed by atoms with Crippen LogP contribution in [0.3, 0.4) is 0 Å². The van der Waals surface area contributed by atoms with Crippen LogP contribution in [0.1, 0.15) is 113 Å². The van der Waals surface area contributed by atoms with E-state index in [9.17, 15) is 24.6 Å². The van der Waals surface area contributed by atoms with Gasteiger partial charge >= 0.3 is 6.03 Å². The topological polar surface area (TPSA) is 192 Å². The normalized spacial score (nSPS) is 24.3. The number of aliphatic hydroxyl groups is 1. The minimum atomic E-state index is -0.906.